The number of hydrogen-bond donors (Lipinski definition) is 3. The lowest BCUT2D eigenvalue weighted by molar-refractivity contribution is 0.112. The molecule has 0 unspecified atom stereocenters. The number of phenolic OH excluding ortho intramolecular Hbond substituents is 1. The molecular weight excluding hydrogens is 234 g/mol. The molecule has 3 N–H and O–H groups in total. The number of phenols is 1. The maximum absolute atomic E-state index is 10.8. The summed E-state index contributed by atoms with van der Waals surface area (Å²) in [7, 11) is 0. The predicted molar refractivity (Wildman–Crippen MR) is 67.7 cm³/mol. The molecule has 1 aromatic rings. The summed E-state index contributed by atoms with van der Waals surface area (Å²) in [5.74, 6) is -0.0310. The van der Waals surface area contributed by atoms with E-state index >= 15 is 0 Å². The van der Waals surface area contributed by atoms with Gasteiger partial charge in [-0.25, -0.2) is 0 Å². The van der Waals surface area contributed by atoms with Crippen LogP contribution in [0.2, 0.25) is 0 Å². The van der Waals surface area contributed by atoms with Crippen molar-refractivity contribution in [2.45, 2.75) is 13.5 Å². The number of carbonyl (C=O) groups is 1. The fraction of sp³-hybridized carbons (Fsp3) is 0.462. The maximum Gasteiger partial charge on any atom is 0.153 e. The van der Waals surface area contributed by atoms with Crippen molar-refractivity contribution < 1.29 is 20.1 Å². The Kier molecular flexibility index (Phi) is 5.77. The Balaban J connectivity index is 2.94. The van der Waals surface area contributed by atoms with Crippen LogP contribution in [0.4, 0.5) is 0 Å². The predicted octanol–water partition coefficient (Wildman–Crippen LogP) is 0.300. The van der Waals surface area contributed by atoms with Gasteiger partial charge in [-0.05, 0) is 18.6 Å². The van der Waals surface area contributed by atoms with Gasteiger partial charge in [0.05, 0.1) is 18.8 Å². The average molecular weight is 253 g/mol. The molecule has 5 heteroatoms. The molecule has 0 saturated carbocycles. The van der Waals surface area contributed by atoms with Crippen molar-refractivity contribution in [3.8, 4) is 5.75 Å². The Hall–Kier alpha value is -1.43. The van der Waals surface area contributed by atoms with Gasteiger partial charge in [-0.1, -0.05) is 6.07 Å². The Bertz CT molecular complexity index is 400. The Labute approximate surface area is 106 Å². The van der Waals surface area contributed by atoms with E-state index in [4.69, 9.17) is 10.2 Å². The van der Waals surface area contributed by atoms with E-state index in [1.165, 1.54) is 0 Å². The largest absolute Gasteiger partial charge is 0.507 e. The highest BCUT2D eigenvalue weighted by molar-refractivity contribution is 5.80. The molecule has 0 aliphatic rings. The monoisotopic (exact) mass is 253 g/mol. The van der Waals surface area contributed by atoms with Gasteiger partial charge < -0.3 is 15.3 Å². The molecule has 0 bridgehead atoms. The van der Waals surface area contributed by atoms with E-state index in [9.17, 15) is 9.90 Å². The molecule has 0 heterocycles. The van der Waals surface area contributed by atoms with Crippen LogP contribution in [0.25, 0.3) is 0 Å². The highest BCUT2D eigenvalue weighted by Crippen LogP contribution is 2.24. The van der Waals surface area contributed by atoms with Crippen molar-refractivity contribution in [3.05, 3.63) is 28.8 Å². The molecule has 0 amide bonds. The second-order valence-electron chi connectivity index (χ2n) is 4.20. The van der Waals surface area contributed by atoms with Gasteiger partial charge in [0, 0.05) is 25.2 Å². The molecule has 1 aromatic carbocycles. The first-order valence-electron chi connectivity index (χ1n) is 5.84. The second kappa shape index (κ2) is 7.10. The van der Waals surface area contributed by atoms with Crippen molar-refractivity contribution in [2.24, 2.45) is 0 Å². The number of hydrogen-bond acceptors (Lipinski definition) is 5. The van der Waals surface area contributed by atoms with Crippen LogP contribution in [0.15, 0.2) is 12.1 Å². The minimum atomic E-state index is -0.0310. The quantitative estimate of drug-likeness (QED) is 0.609. The summed E-state index contributed by atoms with van der Waals surface area (Å²) in [4.78, 5) is 12.6. The van der Waals surface area contributed by atoms with E-state index in [1.54, 1.807) is 12.1 Å². The fourth-order valence-electron chi connectivity index (χ4n) is 1.89. The summed E-state index contributed by atoms with van der Waals surface area (Å²) in [6.45, 7) is 3.00. The molecule has 0 aliphatic heterocycles. The van der Waals surface area contributed by atoms with Crippen LogP contribution < -0.4 is 0 Å². The molecular formula is C13H19NO4. The van der Waals surface area contributed by atoms with Gasteiger partial charge in [0.2, 0.25) is 0 Å². The van der Waals surface area contributed by atoms with Crippen molar-refractivity contribution >= 4 is 6.29 Å². The molecule has 0 aliphatic carbocycles. The summed E-state index contributed by atoms with van der Waals surface area (Å²) in [6.07, 6.45) is 0.619. The number of aryl methyl sites for hydroxylation is 1. The van der Waals surface area contributed by atoms with Crippen LogP contribution in [0.1, 0.15) is 21.5 Å². The van der Waals surface area contributed by atoms with E-state index in [0.29, 0.717) is 31.5 Å². The third-order valence-electron chi connectivity index (χ3n) is 2.72. The SMILES string of the molecule is Cc1cc(C=O)c(O)c(CN(CCO)CCO)c1. The summed E-state index contributed by atoms with van der Waals surface area (Å²) in [5, 5.41) is 27.8. The van der Waals surface area contributed by atoms with Crippen LogP contribution in [-0.4, -0.2) is 52.8 Å². The molecule has 0 saturated heterocycles. The third kappa shape index (κ3) is 3.80. The number of rotatable bonds is 7. The zero-order valence-electron chi connectivity index (χ0n) is 10.5. The highest BCUT2D eigenvalue weighted by atomic mass is 16.3. The lowest BCUT2D eigenvalue weighted by Gasteiger charge is -2.21. The summed E-state index contributed by atoms with van der Waals surface area (Å²) in [6, 6.07) is 3.42. The first-order chi connectivity index (χ1) is 8.62. The van der Waals surface area contributed by atoms with E-state index < -0.39 is 0 Å². The Morgan fingerprint density at radius 1 is 1.22 bits per heavy atom. The van der Waals surface area contributed by atoms with Gasteiger partial charge in [-0.2, -0.15) is 0 Å². The van der Waals surface area contributed by atoms with Crippen LogP contribution in [-0.2, 0) is 6.54 Å². The smallest absolute Gasteiger partial charge is 0.153 e. The average Bonchev–Trinajstić information content (AvgIpc) is 2.34. The zero-order chi connectivity index (χ0) is 13.5. The van der Waals surface area contributed by atoms with Gasteiger partial charge in [0.25, 0.3) is 0 Å². The first kappa shape index (κ1) is 14.6. The normalized spacial score (nSPS) is 10.9. The second-order valence-corrected chi connectivity index (χ2v) is 4.20. The molecule has 0 spiro atoms. The van der Waals surface area contributed by atoms with Crippen LogP contribution in [0.3, 0.4) is 0 Å². The maximum atomic E-state index is 10.8. The van der Waals surface area contributed by atoms with E-state index in [0.717, 1.165) is 5.56 Å². The van der Waals surface area contributed by atoms with E-state index in [-0.39, 0.29) is 24.5 Å². The molecule has 18 heavy (non-hydrogen) atoms. The first-order valence-corrected chi connectivity index (χ1v) is 5.84. The molecule has 1 rings (SSSR count). The lowest BCUT2D eigenvalue weighted by atomic mass is 10.0. The number of carbonyl (C=O) groups excluding carboxylic acids is 1. The zero-order valence-corrected chi connectivity index (χ0v) is 10.5. The molecule has 0 atom stereocenters. The van der Waals surface area contributed by atoms with Crippen molar-refractivity contribution in [3.63, 3.8) is 0 Å². The number of aliphatic hydroxyl groups is 2. The van der Waals surface area contributed by atoms with Crippen molar-refractivity contribution in [1.29, 1.82) is 0 Å². The standard InChI is InChI=1S/C13H19NO4/c1-10-6-11(13(18)12(7-10)9-17)8-14(2-4-15)3-5-16/h6-7,9,15-16,18H,2-5,8H2,1H3. The molecule has 0 radical (unpaired) electrons. The minimum Gasteiger partial charge on any atom is -0.507 e. The fourth-order valence-corrected chi connectivity index (χ4v) is 1.89. The minimum absolute atomic E-state index is 0.0207. The molecule has 0 aromatic heterocycles. The third-order valence-corrected chi connectivity index (χ3v) is 2.72. The highest BCUT2D eigenvalue weighted by Gasteiger charge is 2.12. The van der Waals surface area contributed by atoms with Gasteiger partial charge in [-0.15, -0.1) is 0 Å². The topological polar surface area (TPSA) is 81.0 Å². The summed E-state index contributed by atoms with van der Waals surface area (Å²) < 4.78 is 0. The van der Waals surface area contributed by atoms with Crippen molar-refractivity contribution in [1.82, 2.24) is 4.90 Å². The number of aliphatic hydroxyl groups excluding tert-OH is 2. The molecule has 100 valence electrons. The number of aromatic hydroxyl groups is 1. The number of aldehydes is 1. The van der Waals surface area contributed by atoms with E-state index in [2.05, 4.69) is 0 Å². The van der Waals surface area contributed by atoms with Crippen molar-refractivity contribution in [2.75, 3.05) is 26.3 Å². The van der Waals surface area contributed by atoms with Gasteiger partial charge in [-0.3, -0.25) is 9.69 Å². The van der Waals surface area contributed by atoms with Crippen LogP contribution in [0.5, 0.6) is 5.75 Å². The Morgan fingerprint density at radius 2 is 1.83 bits per heavy atom. The molecule has 5 nitrogen and oxygen atoms in total. The summed E-state index contributed by atoms with van der Waals surface area (Å²) in [5.41, 5.74) is 1.77. The lowest BCUT2D eigenvalue weighted by Crippen LogP contribution is -2.29. The Morgan fingerprint density at radius 3 is 2.33 bits per heavy atom. The number of benzene rings is 1. The molecule has 0 fully saturated rings. The van der Waals surface area contributed by atoms with Gasteiger partial charge in [0.1, 0.15) is 5.75 Å². The summed E-state index contributed by atoms with van der Waals surface area (Å²) >= 11 is 0. The van der Waals surface area contributed by atoms with Crippen LogP contribution >= 0.6 is 0 Å². The van der Waals surface area contributed by atoms with E-state index in [1.807, 2.05) is 11.8 Å². The number of nitrogens with zero attached hydrogens (tertiary/aromatic N) is 1. The van der Waals surface area contributed by atoms with Gasteiger partial charge in [0.15, 0.2) is 6.29 Å². The van der Waals surface area contributed by atoms with Gasteiger partial charge >= 0.3 is 0 Å². The van der Waals surface area contributed by atoms with Crippen LogP contribution in [0, 0.1) is 6.92 Å².